The number of amides is 1. The molecule has 2 unspecified atom stereocenters. The summed E-state index contributed by atoms with van der Waals surface area (Å²) in [5, 5.41) is 23.2. The van der Waals surface area contributed by atoms with E-state index < -0.39 is 36.2 Å². The number of aromatic nitrogens is 2. The third-order valence-corrected chi connectivity index (χ3v) is 8.11. The molecule has 0 saturated carbocycles. The minimum Gasteiger partial charge on any atom is -0.458 e. The summed E-state index contributed by atoms with van der Waals surface area (Å²) in [6.07, 6.45) is -1.10. The van der Waals surface area contributed by atoms with Gasteiger partial charge in [-0.15, -0.1) is 11.8 Å². The number of carbonyl (C=O) groups is 2. The minimum absolute atomic E-state index is 0.160. The van der Waals surface area contributed by atoms with Gasteiger partial charge in [-0.05, 0) is 18.1 Å². The van der Waals surface area contributed by atoms with Crippen molar-refractivity contribution in [1.82, 2.24) is 14.9 Å². The molecule has 3 N–H and O–H groups in total. The number of benzene rings is 1. The second-order valence-corrected chi connectivity index (χ2v) is 9.75. The lowest BCUT2D eigenvalue weighted by molar-refractivity contribution is -0.157. The molecule has 3 aliphatic heterocycles. The molecular weight excluding hydrogens is 477 g/mol. The quantitative estimate of drug-likeness (QED) is 0.363. The van der Waals surface area contributed by atoms with Gasteiger partial charge in [0.15, 0.2) is 6.10 Å². The molecule has 1 amide bonds. The number of pyridine rings is 2. The summed E-state index contributed by atoms with van der Waals surface area (Å²) in [5.74, 6) is -1.33. The first-order valence-electron chi connectivity index (χ1n) is 11.2. The normalized spacial score (nSPS) is 19.7. The van der Waals surface area contributed by atoms with Crippen LogP contribution in [0.3, 0.4) is 0 Å². The summed E-state index contributed by atoms with van der Waals surface area (Å²) in [6.45, 7) is 1.12. The van der Waals surface area contributed by atoms with Gasteiger partial charge in [0.05, 0.1) is 35.1 Å². The zero-order chi connectivity index (χ0) is 24.6. The van der Waals surface area contributed by atoms with E-state index >= 15 is 4.39 Å². The first-order valence-corrected chi connectivity index (χ1v) is 12.1. The van der Waals surface area contributed by atoms with E-state index in [1.54, 1.807) is 6.07 Å². The summed E-state index contributed by atoms with van der Waals surface area (Å²) >= 11 is 1.43. The molecule has 0 aliphatic carbocycles. The molecule has 0 fully saturated rings. The number of hydrogen-bond donors (Lipinski definition) is 3. The predicted molar refractivity (Wildman–Crippen MR) is 123 cm³/mol. The van der Waals surface area contributed by atoms with Gasteiger partial charge in [-0.1, -0.05) is 6.92 Å². The van der Waals surface area contributed by atoms with Gasteiger partial charge in [0.25, 0.3) is 5.56 Å². The van der Waals surface area contributed by atoms with Crippen molar-refractivity contribution in [3.05, 3.63) is 56.1 Å². The smallest absolute Gasteiger partial charge is 0.340 e. The molecule has 0 bridgehead atoms. The third-order valence-electron chi connectivity index (χ3n) is 6.87. The van der Waals surface area contributed by atoms with Crippen molar-refractivity contribution in [3.63, 3.8) is 0 Å². The van der Waals surface area contributed by atoms with Crippen molar-refractivity contribution in [2.45, 2.75) is 43.5 Å². The van der Waals surface area contributed by atoms with Crippen molar-refractivity contribution in [2.24, 2.45) is 0 Å². The first kappa shape index (κ1) is 22.2. The number of fused-ring (bicyclic) bond motifs is 5. The Balaban J connectivity index is 1.66. The standard InChI is InChI=1S/C24H20FN3O6S/c1-2-9-13(25)4-14-19-18(15(8-35-22(9)19)26-17(30)6-29)11-5-28-16(20(11)27-14)3-10-12(23(28)32)7-34-24(33)21(10)31/h3-4,15,21,29,31H,2,5-8H2,1H3,(H,26,30). The molecule has 9 nitrogen and oxygen atoms in total. The third kappa shape index (κ3) is 3.08. The summed E-state index contributed by atoms with van der Waals surface area (Å²) in [7, 11) is 0. The zero-order valence-corrected chi connectivity index (χ0v) is 19.4. The van der Waals surface area contributed by atoms with Crippen LogP contribution in [0.4, 0.5) is 4.39 Å². The summed E-state index contributed by atoms with van der Waals surface area (Å²) in [5.41, 5.74) is 3.21. The molecule has 11 heteroatoms. The lowest BCUT2D eigenvalue weighted by atomic mass is 9.92. The van der Waals surface area contributed by atoms with Crippen LogP contribution in [0.5, 0.6) is 0 Å². The fourth-order valence-electron chi connectivity index (χ4n) is 5.28. The molecule has 180 valence electrons. The molecule has 0 saturated heterocycles. The monoisotopic (exact) mass is 497 g/mol. The summed E-state index contributed by atoms with van der Waals surface area (Å²) in [4.78, 5) is 42.9. The number of carbonyl (C=O) groups excluding carboxylic acids is 2. The van der Waals surface area contributed by atoms with Crippen LogP contribution in [0.2, 0.25) is 0 Å². The maximum absolute atomic E-state index is 15.0. The van der Waals surface area contributed by atoms with E-state index in [0.717, 1.165) is 15.8 Å². The topological polar surface area (TPSA) is 131 Å². The average molecular weight is 498 g/mol. The Hall–Kier alpha value is -3.28. The Bertz CT molecular complexity index is 1530. The van der Waals surface area contributed by atoms with Crippen molar-refractivity contribution >= 4 is 34.5 Å². The van der Waals surface area contributed by atoms with Crippen LogP contribution in [0.1, 0.15) is 46.9 Å². The number of halogens is 1. The number of cyclic esters (lactones) is 1. The fraction of sp³-hybridized carbons (Fsp3) is 0.333. The van der Waals surface area contributed by atoms with E-state index in [1.165, 1.54) is 22.4 Å². The summed E-state index contributed by atoms with van der Waals surface area (Å²) in [6, 6.07) is 2.44. The van der Waals surface area contributed by atoms with Crippen LogP contribution < -0.4 is 10.9 Å². The Kier molecular flexibility index (Phi) is 4.99. The lowest BCUT2D eigenvalue weighted by Gasteiger charge is -2.29. The zero-order valence-electron chi connectivity index (χ0n) is 18.6. The molecular formula is C24H20FN3O6S. The maximum atomic E-state index is 15.0. The van der Waals surface area contributed by atoms with Crippen molar-refractivity contribution in [2.75, 3.05) is 12.4 Å². The van der Waals surface area contributed by atoms with Crippen LogP contribution in [0.25, 0.3) is 22.3 Å². The largest absolute Gasteiger partial charge is 0.458 e. The highest BCUT2D eigenvalue weighted by molar-refractivity contribution is 7.99. The van der Waals surface area contributed by atoms with Crippen LogP contribution in [0, 0.1) is 5.82 Å². The average Bonchev–Trinajstić information content (AvgIpc) is 3.21. The molecule has 5 heterocycles. The van der Waals surface area contributed by atoms with E-state index in [1.807, 2.05) is 6.92 Å². The predicted octanol–water partition coefficient (Wildman–Crippen LogP) is 1.47. The molecule has 3 aliphatic rings. The van der Waals surface area contributed by atoms with Crippen molar-refractivity contribution in [1.29, 1.82) is 0 Å². The number of nitrogens with one attached hydrogen (secondary N) is 1. The highest BCUT2D eigenvalue weighted by Gasteiger charge is 2.37. The number of nitrogens with zero attached hydrogens (tertiary/aromatic N) is 2. The van der Waals surface area contributed by atoms with E-state index in [0.29, 0.717) is 40.2 Å². The Labute approximate surface area is 201 Å². The van der Waals surface area contributed by atoms with Gasteiger partial charge in [-0.3, -0.25) is 9.59 Å². The number of esters is 1. The molecule has 1 aromatic carbocycles. The van der Waals surface area contributed by atoms with Gasteiger partial charge in [0.2, 0.25) is 5.91 Å². The number of aliphatic hydroxyl groups is 2. The number of aliphatic hydroxyl groups excluding tert-OH is 2. The van der Waals surface area contributed by atoms with Crippen molar-refractivity contribution in [3.8, 4) is 11.4 Å². The fourth-order valence-corrected chi connectivity index (χ4v) is 6.63. The van der Waals surface area contributed by atoms with E-state index in [2.05, 4.69) is 5.32 Å². The Morgan fingerprint density at radius 1 is 1.34 bits per heavy atom. The van der Waals surface area contributed by atoms with Gasteiger partial charge >= 0.3 is 5.97 Å². The maximum Gasteiger partial charge on any atom is 0.340 e. The van der Waals surface area contributed by atoms with Crippen molar-refractivity contribution < 1.29 is 28.9 Å². The molecule has 2 aromatic heterocycles. The van der Waals surface area contributed by atoms with Crippen LogP contribution in [-0.4, -0.2) is 44.0 Å². The Morgan fingerprint density at radius 2 is 2.14 bits per heavy atom. The first-order chi connectivity index (χ1) is 16.8. The molecule has 3 aromatic rings. The minimum atomic E-state index is -1.58. The van der Waals surface area contributed by atoms with E-state index in [9.17, 15) is 24.6 Å². The Morgan fingerprint density at radius 3 is 2.89 bits per heavy atom. The number of rotatable bonds is 3. The lowest BCUT2D eigenvalue weighted by Crippen LogP contribution is -2.34. The van der Waals surface area contributed by atoms with E-state index in [4.69, 9.17) is 9.72 Å². The molecule has 0 spiro atoms. The van der Waals surface area contributed by atoms with E-state index in [-0.39, 0.29) is 30.1 Å². The van der Waals surface area contributed by atoms with Crippen LogP contribution in [-0.2, 0) is 33.9 Å². The molecule has 0 radical (unpaired) electrons. The second-order valence-electron chi connectivity index (χ2n) is 8.72. The van der Waals surface area contributed by atoms with Gasteiger partial charge < -0.3 is 24.8 Å². The highest BCUT2D eigenvalue weighted by atomic mass is 32.2. The summed E-state index contributed by atoms with van der Waals surface area (Å²) < 4.78 is 21.5. The SMILES string of the molecule is CCc1c(F)cc2nc3c(c4c2c1SCC4NC(=O)CO)Cn1c-3cc2c(c1=O)COC(=O)C2O. The number of hydrogen-bond acceptors (Lipinski definition) is 8. The van der Waals surface area contributed by atoms with Gasteiger partial charge in [-0.2, -0.15) is 0 Å². The molecule has 2 atom stereocenters. The second kappa shape index (κ2) is 7.87. The number of thioether (sulfide) groups is 1. The number of ether oxygens (including phenoxy) is 1. The molecule has 35 heavy (non-hydrogen) atoms. The van der Waals surface area contributed by atoms with Crippen LogP contribution in [0.15, 0.2) is 21.8 Å². The highest BCUT2D eigenvalue weighted by Crippen LogP contribution is 2.48. The molecule has 6 rings (SSSR count). The van der Waals surface area contributed by atoms with Gasteiger partial charge in [0, 0.05) is 38.8 Å². The van der Waals surface area contributed by atoms with Crippen LogP contribution >= 0.6 is 11.8 Å². The van der Waals surface area contributed by atoms with Gasteiger partial charge in [0.1, 0.15) is 19.0 Å². The van der Waals surface area contributed by atoms with Gasteiger partial charge in [-0.25, -0.2) is 14.2 Å².